The fourth-order valence-corrected chi connectivity index (χ4v) is 2.35. The fourth-order valence-electron chi connectivity index (χ4n) is 2.35. The topological polar surface area (TPSA) is 95.6 Å². The first-order valence-corrected chi connectivity index (χ1v) is 8.22. The van der Waals surface area contributed by atoms with Crippen molar-refractivity contribution in [2.24, 2.45) is 7.05 Å². The number of carbonyl (C=O) groups excluding carboxylic acids is 2. The highest BCUT2D eigenvalue weighted by Gasteiger charge is 2.12. The van der Waals surface area contributed by atoms with Gasteiger partial charge in [0.2, 0.25) is 0 Å². The summed E-state index contributed by atoms with van der Waals surface area (Å²) in [6.07, 6.45) is 1.81. The van der Waals surface area contributed by atoms with Gasteiger partial charge in [-0.15, -0.1) is 0 Å². The third kappa shape index (κ3) is 4.75. The number of ether oxygens (including phenoxy) is 2. The molecule has 3 aromatic rings. The summed E-state index contributed by atoms with van der Waals surface area (Å²) in [7, 11) is 3.14. The van der Waals surface area contributed by atoms with E-state index in [1.165, 1.54) is 7.11 Å². The molecule has 0 atom stereocenters. The molecule has 8 heteroatoms. The standard InChI is InChI=1S/C19H19N3O5/c1-22-10-9-14(21-22)11-20-18(23)17-8-7-16(27-17)12-26-15-5-3-13(4-6-15)19(24)25-2/h3-10H,11-12H2,1-2H3,(H,20,23). The molecule has 0 bridgehead atoms. The molecule has 0 saturated heterocycles. The first-order valence-electron chi connectivity index (χ1n) is 8.22. The molecule has 1 aromatic carbocycles. The van der Waals surface area contributed by atoms with Crippen LogP contribution in [-0.2, 0) is 24.9 Å². The second-order valence-corrected chi connectivity index (χ2v) is 5.73. The predicted molar refractivity (Wildman–Crippen MR) is 95.2 cm³/mol. The molecular weight excluding hydrogens is 350 g/mol. The Morgan fingerprint density at radius 2 is 1.93 bits per heavy atom. The highest BCUT2D eigenvalue weighted by atomic mass is 16.5. The first kappa shape index (κ1) is 18.2. The van der Waals surface area contributed by atoms with Gasteiger partial charge in [0, 0.05) is 13.2 Å². The maximum atomic E-state index is 12.1. The Hall–Kier alpha value is -3.55. The van der Waals surface area contributed by atoms with Crippen LogP contribution < -0.4 is 10.1 Å². The van der Waals surface area contributed by atoms with Gasteiger partial charge in [-0.2, -0.15) is 5.10 Å². The normalized spacial score (nSPS) is 10.4. The zero-order valence-corrected chi connectivity index (χ0v) is 15.0. The van der Waals surface area contributed by atoms with Crippen LogP contribution in [0.25, 0.3) is 0 Å². The minimum absolute atomic E-state index is 0.158. The number of nitrogens with one attached hydrogen (secondary N) is 1. The molecule has 0 radical (unpaired) electrons. The monoisotopic (exact) mass is 369 g/mol. The smallest absolute Gasteiger partial charge is 0.337 e. The number of aromatic nitrogens is 2. The summed E-state index contributed by atoms with van der Waals surface area (Å²) in [5.74, 6) is 0.545. The van der Waals surface area contributed by atoms with Crippen LogP contribution in [0.1, 0.15) is 32.4 Å². The zero-order valence-electron chi connectivity index (χ0n) is 15.0. The quantitative estimate of drug-likeness (QED) is 0.642. The molecule has 0 fully saturated rings. The van der Waals surface area contributed by atoms with E-state index < -0.39 is 5.97 Å². The van der Waals surface area contributed by atoms with Crippen LogP contribution >= 0.6 is 0 Å². The zero-order chi connectivity index (χ0) is 19.2. The van der Waals surface area contributed by atoms with Crippen LogP contribution in [0.2, 0.25) is 0 Å². The fraction of sp³-hybridized carbons (Fsp3) is 0.211. The van der Waals surface area contributed by atoms with Gasteiger partial charge in [0.25, 0.3) is 5.91 Å². The van der Waals surface area contributed by atoms with Crippen molar-refractivity contribution in [1.29, 1.82) is 0 Å². The number of hydrogen-bond donors (Lipinski definition) is 1. The van der Waals surface area contributed by atoms with Crippen molar-refractivity contribution in [3.8, 4) is 5.75 Å². The number of furan rings is 1. The van der Waals surface area contributed by atoms with Crippen LogP contribution in [-0.4, -0.2) is 28.8 Å². The molecule has 27 heavy (non-hydrogen) atoms. The molecule has 1 N–H and O–H groups in total. The van der Waals surface area contributed by atoms with Crippen molar-refractivity contribution in [3.63, 3.8) is 0 Å². The Kier molecular flexibility index (Phi) is 5.55. The Morgan fingerprint density at radius 1 is 1.15 bits per heavy atom. The summed E-state index contributed by atoms with van der Waals surface area (Å²) in [5, 5.41) is 6.93. The molecule has 0 saturated carbocycles. The van der Waals surface area contributed by atoms with E-state index in [4.69, 9.17) is 9.15 Å². The molecule has 0 unspecified atom stereocenters. The average Bonchev–Trinajstić information content (AvgIpc) is 3.33. The molecule has 8 nitrogen and oxygen atoms in total. The largest absolute Gasteiger partial charge is 0.486 e. The second-order valence-electron chi connectivity index (χ2n) is 5.73. The van der Waals surface area contributed by atoms with E-state index >= 15 is 0 Å². The van der Waals surface area contributed by atoms with Crippen molar-refractivity contribution >= 4 is 11.9 Å². The summed E-state index contributed by atoms with van der Waals surface area (Å²) < 4.78 is 17.4. The van der Waals surface area contributed by atoms with E-state index in [1.807, 2.05) is 19.3 Å². The molecule has 2 heterocycles. The van der Waals surface area contributed by atoms with E-state index in [-0.39, 0.29) is 18.3 Å². The lowest BCUT2D eigenvalue weighted by molar-refractivity contribution is 0.0600. The number of carbonyl (C=O) groups is 2. The SMILES string of the molecule is COC(=O)c1ccc(OCc2ccc(C(=O)NCc3ccn(C)n3)o2)cc1. The number of benzene rings is 1. The van der Waals surface area contributed by atoms with Crippen molar-refractivity contribution in [1.82, 2.24) is 15.1 Å². The van der Waals surface area contributed by atoms with Gasteiger partial charge in [-0.05, 0) is 42.5 Å². The van der Waals surface area contributed by atoms with Gasteiger partial charge < -0.3 is 19.2 Å². The second kappa shape index (κ2) is 8.22. The molecule has 0 spiro atoms. The van der Waals surface area contributed by atoms with E-state index in [9.17, 15) is 9.59 Å². The minimum Gasteiger partial charge on any atom is -0.486 e. The Labute approximate surface area is 155 Å². The molecule has 1 amide bonds. The van der Waals surface area contributed by atoms with E-state index in [0.29, 0.717) is 23.6 Å². The van der Waals surface area contributed by atoms with Crippen molar-refractivity contribution in [2.45, 2.75) is 13.2 Å². The van der Waals surface area contributed by atoms with Crippen LogP contribution in [0, 0.1) is 0 Å². The molecule has 0 aliphatic heterocycles. The Bertz CT molecular complexity index is 927. The molecule has 3 rings (SSSR count). The molecule has 2 aromatic heterocycles. The lowest BCUT2D eigenvalue weighted by Crippen LogP contribution is -2.22. The average molecular weight is 369 g/mol. The molecule has 0 aliphatic carbocycles. The van der Waals surface area contributed by atoms with Crippen molar-refractivity contribution in [3.05, 3.63) is 71.4 Å². The summed E-state index contributed by atoms with van der Waals surface area (Å²) in [5.41, 5.74) is 1.20. The van der Waals surface area contributed by atoms with Crippen LogP contribution in [0.4, 0.5) is 0 Å². The van der Waals surface area contributed by atoms with Gasteiger partial charge in [0.15, 0.2) is 5.76 Å². The van der Waals surface area contributed by atoms with E-state index in [1.54, 1.807) is 41.1 Å². The van der Waals surface area contributed by atoms with Gasteiger partial charge in [0.05, 0.1) is 24.9 Å². The highest BCUT2D eigenvalue weighted by Crippen LogP contribution is 2.16. The van der Waals surface area contributed by atoms with E-state index in [2.05, 4.69) is 15.2 Å². The van der Waals surface area contributed by atoms with Crippen molar-refractivity contribution in [2.75, 3.05) is 7.11 Å². The number of methoxy groups -OCH3 is 1. The number of nitrogens with zero attached hydrogens (tertiary/aromatic N) is 2. The number of esters is 1. The van der Waals surface area contributed by atoms with E-state index in [0.717, 1.165) is 5.69 Å². The van der Waals surface area contributed by atoms with Crippen LogP contribution in [0.15, 0.2) is 53.1 Å². The number of aryl methyl sites for hydroxylation is 1. The molecular formula is C19H19N3O5. The first-order chi connectivity index (χ1) is 13.0. The van der Waals surface area contributed by atoms with Crippen LogP contribution in [0.3, 0.4) is 0 Å². The predicted octanol–water partition coefficient (Wildman–Crippen LogP) is 2.31. The number of hydrogen-bond acceptors (Lipinski definition) is 6. The number of rotatable bonds is 7. The van der Waals surface area contributed by atoms with Gasteiger partial charge in [0.1, 0.15) is 18.1 Å². The summed E-state index contributed by atoms with van der Waals surface area (Å²) >= 11 is 0. The summed E-state index contributed by atoms with van der Waals surface area (Å²) in [6.45, 7) is 0.476. The summed E-state index contributed by atoms with van der Waals surface area (Å²) in [4.78, 5) is 23.5. The maximum absolute atomic E-state index is 12.1. The van der Waals surface area contributed by atoms with Gasteiger partial charge in [-0.1, -0.05) is 0 Å². The minimum atomic E-state index is -0.408. The molecule has 0 aliphatic rings. The van der Waals surface area contributed by atoms with Gasteiger partial charge >= 0.3 is 5.97 Å². The Balaban J connectivity index is 1.51. The van der Waals surface area contributed by atoms with Gasteiger partial charge in [-0.3, -0.25) is 9.48 Å². The maximum Gasteiger partial charge on any atom is 0.337 e. The summed E-state index contributed by atoms with van der Waals surface area (Å²) in [6, 6.07) is 11.6. The third-order valence-electron chi connectivity index (χ3n) is 3.74. The lowest BCUT2D eigenvalue weighted by atomic mass is 10.2. The Morgan fingerprint density at radius 3 is 2.59 bits per heavy atom. The number of amides is 1. The lowest BCUT2D eigenvalue weighted by Gasteiger charge is -2.05. The highest BCUT2D eigenvalue weighted by molar-refractivity contribution is 5.91. The molecule has 140 valence electrons. The van der Waals surface area contributed by atoms with Crippen LogP contribution in [0.5, 0.6) is 5.75 Å². The van der Waals surface area contributed by atoms with Gasteiger partial charge in [-0.25, -0.2) is 4.79 Å². The third-order valence-corrected chi connectivity index (χ3v) is 3.74. The van der Waals surface area contributed by atoms with Crippen molar-refractivity contribution < 1.29 is 23.5 Å².